The Labute approximate surface area is 96.4 Å². The summed E-state index contributed by atoms with van der Waals surface area (Å²) >= 11 is 0. The monoisotopic (exact) mass is 214 g/mol. The molecule has 2 aliphatic rings. The first-order valence-electron chi connectivity index (χ1n) is 6.71. The fourth-order valence-electron chi connectivity index (χ4n) is 2.41. The first kappa shape index (κ1) is 14.9. The van der Waals surface area contributed by atoms with Crippen LogP contribution in [0.4, 0.5) is 0 Å². The van der Waals surface area contributed by atoms with Gasteiger partial charge >= 0.3 is 0 Å². The Morgan fingerprint density at radius 1 is 1.13 bits per heavy atom. The molecule has 2 heterocycles. The second-order valence-electron chi connectivity index (χ2n) is 4.13. The van der Waals surface area contributed by atoms with Crippen LogP contribution in [0.1, 0.15) is 47.5 Å². The van der Waals surface area contributed by atoms with Crippen LogP contribution in [-0.2, 0) is 0 Å². The topological polar surface area (TPSA) is 15.3 Å². The second kappa shape index (κ2) is 8.12. The molecule has 0 aliphatic carbocycles. The van der Waals surface area contributed by atoms with E-state index in [0.717, 1.165) is 18.0 Å². The number of nitrogens with one attached hydrogen (secondary N) is 1. The molecule has 0 aromatic heterocycles. The summed E-state index contributed by atoms with van der Waals surface area (Å²) in [4.78, 5) is 2.49. The number of likely N-dealkylation sites (tertiary alicyclic amines) is 1. The number of hydrogen-bond acceptors (Lipinski definition) is 2. The van der Waals surface area contributed by atoms with E-state index in [1.54, 1.807) is 0 Å². The lowest BCUT2D eigenvalue weighted by Gasteiger charge is -2.37. The van der Waals surface area contributed by atoms with Gasteiger partial charge < -0.3 is 10.2 Å². The van der Waals surface area contributed by atoms with Gasteiger partial charge in [0.15, 0.2) is 0 Å². The highest BCUT2D eigenvalue weighted by atomic mass is 15.2. The molecular formula is C13H30N2. The van der Waals surface area contributed by atoms with Crippen molar-refractivity contribution in [3.63, 3.8) is 0 Å². The molecule has 2 saturated heterocycles. The van der Waals surface area contributed by atoms with Gasteiger partial charge in [0.1, 0.15) is 0 Å². The third-order valence-corrected chi connectivity index (χ3v) is 3.36. The van der Waals surface area contributed by atoms with E-state index < -0.39 is 0 Å². The summed E-state index contributed by atoms with van der Waals surface area (Å²) in [5, 5.41) is 3.58. The second-order valence-corrected chi connectivity index (χ2v) is 4.13. The molecule has 2 heteroatoms. The Morgan fingerprint density at radius 3 is 2.33 bits per heavy atom. The van der Waals surface area contributed by atoms with Crippen LogP contribution in [0.25, 0.3) is 0 Å². The van der Waals surface area contributed by atoms with Crippen molar-refractivity contribution >= 4 is 0 Å². The molecule has 0 amide bonds. The summed E-state index contributed by atoms with van der Waals surface area (Å²) in [7, 11) is 2.25. The SMILES string of the molecule is CC.CC.CC1CC2NCCC2CN1C. The highest BCUT2D eigenvalue weighted by Crippen LogP contribution is 2.26. The molecule has 0 bridgehead atoms. The molecule has 0 spiro atoms. The van der Waals surface area contributed by atoms with Crippen molar-refractivity contribution in [2.24, 2.45) is 5.92 Å². The Hall–Kier alpha value is -0.0800. The lowest BCUT2D eigenvalue weighted by atomic mass is 9.90. The zero-order valence-electron chi connectivity index (χ0n) is 11.5. The number of hydrogen-bond donors (Lipinski definition) is 1. The lowest BCUT2D eigenvalue weighted by Crippen LogP contribution is -2.47. The maximum absolute atomic E-state index is 3.58. The fraction of sp³-hybridized carbons (Fsp3) is 1.00. The molecule has 92 valence electrons. The Bertz CT molecular complexity index is 131. The molecular weight excluding hydrogens is 184 g/mol. The summed E-state index contributed by atoms with van der Waals surface area (Å²) in [6.45, 7) is 12.9. The van der Waals surface area contributed by atoms with E-state index in [9.17, 15) is 0 Å². The van der Waals surface area contributed by atoms with Gasteiger partial charge in [-0.15, -0.1) is 0 Å². The highest BCUT2D eigenvalue weighted by molar-refractivity contribution is 4.92. The average Bonchev–Trinajstić information content (AvgIpc) is 2.72. The Balaban J connectivity index is 0.000000442. The Kier molecular flexibility index (Phi) is 8.07. The van der Waals surface area contributed by atoms with E-state index in [4.69, 9.17) is 0 Å². The number of rotatable bonds is 0. The van der Waals surface area contributed by atoms with Gasteiger partial charge in [-0.05, 0) is 39.3 Å². The van der Waals surface area contributed by atoms with Gasteiger partial charge in [0.05, 0.1) is 0 Å². The largest absolute Gasteiger partial charge is 0.314 e. The number of nitrogens with zero attached hydrogens (tertiary/aromatic N) is 1. The Morgan fingerprint density at radius 2 is 1.73 bits per heavy atom. The molecule has 0 saturated carbocycles. The van der Waals surface area contributed by atoms with Crippen LogP contribution in [0.2, 0.25) is 0 Å². The normalized spacial score (nSPS) is 34.4. The lowest BCUT2D eigenvalue weighted by molar-refractivity contribution is 0.136. The van der Waals surface area contributed by atoms with Crippen molar-refractivity contribution < 1.29 is 0 Å². The summed E-state index contributed by atoms with van der Waals surface area (Å²) in [5.74, 6) is 0.941. The van der Waals surface area contributed by atoms with E-state index >= 15 is 0 Å². The van der Waals surface area contributed by atoms with Gasteiger partial charge in [0, 0.05) is 18.6 Å². The molecule has 15 heavy (non-hydrogen) atoms. The average molecular weight is 214 g/mol. The molecule has 3 atom stereocenters. The van der Waals surface area contributed by atoms with Crippen molar-refractivity contribution in [2.75, 3.05) is 20.1 Å². The minimum Gasteiger partial charge on any atom is -0.314 e. The van der Waals surface area contributed by atoms with Crippen LogP contribution in [0, 0.1) is 5.92 Å². The fourth-order valence-corrected chi connectivity index (χ4v) is 2.41. The molecule has 2 rings (SSSR count). The zero-order valence-corrected chi connectivity index (χ0v) is 11.5. The maximum atomic E-state index is 3.58. The minimum atomic E-state index is 0.779. The van der Waals surface area contributed by atoms with Crippen molar-refractivity contribution in [1.29, 1.82) is 0 Å². The zero-order chi connectivity index (χ0) is 11.8. The van der Waals surface area contributed by atoms with Gasteiger partial charge in [-0.3, -0.25) is 0 Å². The standard InChI is InChI=1S/C9H18N2.2C2H6/c1-7-5-9-8(3-4-10-9)6-11(7)2;2*1-2/h7-10H,3-6H2,1-2H3;2*1-2H3. The van der Waals surface area contributed by atoms with Crippen LogP contribution in [0.5, 0.6) is 0 Å². The van der Waals surface area contributed by atoms with Gasteiger partial charge in [0.25, 0.3) is 0 Å². The van der Waals surface area contributed by atoms with E-state index in [-0.39, 0.29) is 0 Å². The summed E-state index contributed by atoms with van der Waals surface area (Å²) in [6, 6.07) is 1.61. The molecule has 2 nitrogen and oxygen atoms in total. The van der Waals surface area contributed by atoms with Crippen LogP contribution in [0.15, 0.2) is 0 Å². The van der Waals surface area contributed by atoms with Crippen LogP contribution in [0.3, 0.4) is 0 Å². The summed E-state index contributed by atoms with van der Waals surface area (Å²) in [5.41, 5.74) is 0. The number of fused-ring (bicyclic) bond motifs is 1. The highest BCUT2D eigenvalue weighted by Gasteiger charge is 2.34. The van der Waals surface area contributed by atoms with E-state index in [1.807, 2.05) is 27.7 Å². The van der Waals surface area contributed by atoms with Gasteiger partial charge in [-0.1, -0.05) is 27.7 Å². The van der Waals surface area contributed by atoms with Crippen molar-refractivity contribution in [3.05, 3.63) is 0 Å². The van der Waals surface area contributed by atoms with Crippen LogP contribution in [-0.4, -0.2) is 37.1 Å². The maximum Gasteiger partial charge on any atom is 0.0123 e. The predicted molar refractivity (Wildman–Crippen MR) is 69.3 cm³/mol. The summed E-state index contributed by atoms with van der Waals surface area (Å²) < 4.78 is 0. The van der Waals surface area contributed by atoms with Crippen LogP contribution < -0.4 is 5.32 Å². The van der Waals surface area contributed by atoms with Gasteiger partial charge in [-0.25, -0.2) is 0 Å². The predicted octanol–water partition coefficient (Wildman–Crippen LogP) is 2.74. The minimum absolute atomic E-state index is 0.779. The molecule has 2 aliphatic heterocycles. The van der Waals surface area contributed by atoms with Gasteiger partial charge in [0.2, 0.25) is 0 Å². The molecule has 0 aromatic rings. The smallest absolute Gasteiger partial charge is 0.0123 e. The van der Waals surface area contributed by atoms with Crippen LogP contribution >= 0.6 is 0 Å². The molecule has 1 N–H and O–H groups in total. The van der Waals surface area contributed by atoms with E-state index in [2.05, 4.69) is 24.2 Å². The van der Waals surface area contributed by atoms with E-state index in [0.29, 0.717) is 0 Å². The molecule has 3 unspecified atom stereocenters. The third kappa shape index (κ3) is 4.12. The number of piperidine rings is 1. The summed E-state index contributed by atoms with van der Waals surface area (Å²) in [6.07, 6.45) is 2.74. The first-order valence-corrected chi connectivity index (χ1v) is 6.71. The quantitative estimate of drug-likeness (QED) is 0.667. The van der Waals surface area contributed by atoms with Crippen molar-refractivity contribution in [3.8, 4) is 0 Å². The van der Waals surface area contributed by atoms with Crippen molar-refractivity contribution in [2.45, 2.75) is 59.5 Å². The first-order chi connectivity index (χ1) is 7.27. The molecule has 0 aromatic carbocycles. The molecule has 2 fully saturated rings. The van der Waals surface area contributed by atoms with E-state index in [1.165, 1.54) is 25.9 Å². The van der Waals surface area contributed by atoms with Crippen molar-refractivity contribution in [1.82, 2.24) is 10.2 Å². The third-order valence-electron chi connectivity index (χ3n) is 3.36. The molecule has 0 radical (unpaired) electrons. The van der Waals surface area contributed by atoms with Gasteiger partial charge in [-0.2, -0.15) is 0 Å².